The van der Waals surface area contributed by atoms with Gasteiger partial charge in [0.15, 0.2) is 0 Å². The van der Waals surface area contributed by atoms with Crippen molar-refractivity contribution in [3.8, 4) is 0 Å². The minimum Gasteiger partial charge on any atom is -0.330 e. The van der Waals surface area contributed by atoms with Gasteiger partial charge in [0.05, 0.1) is 5.75 Å². The molecule has 0 spiro atoms. The van der Waals surface area contributed by atoms with Crippen LogP contribution in [0, 0.1) is 5.82 Å². The number of hydrogen-bond acceptors (Lipinski definition) is 3. The number of unbranched alkanes of at least 4 members (excludes halogenated alkanes) is 1. The first-order valence-corrected chi connectivity index (χ1v) is 6.65. The van der Waals surface area contributed by atoms with E-state index in [1.54, 1.807) is 0 Å². The Bertz CT molecular complexity index is 417. The molecule has 0 heterocycles. The smallest absolute Gasteiger partial charge is 0.232 e. The fourth-order valence-corrected chi connectivity index (χ4v) is 2.37. The van der Waals surface area contributed by atoms with E-state index in [0.29, 0.717) is 25.1 Å². The van der Waals surface area contributed by atoms with Crippen LogP contribution in [0.1, 0.15) is 12.8 Å². The summed E-state index contributed by atoms with van der Waals surface area (Å²) in [4.78, 5) is 0. The maximum Gasteiger partial charge on any atom is 0.232 e. The molecule has 0 aliphatic heterocycles. The molecule has 16 heavy (non-hydrogen) atoms. The largest absolute Gasteiger partial charge is 0.330 e. The first-order chi connectivity index (χ1) is 7.53. The molecule has 6 heteroatoms. The predicted octanol–water partition coefficient (Wildman–Crippen LogP) is 1.31. The molecule has 0 bridgehead atoms. The summed E-state index contributed by atoms with van der Waals surface area (Å²) in [6.07, 6.45) is 1.19. The monoisotopic (exact) mass is 246 g/mol. The van der Waals surface area contributed by atoms with Crippen molar-refractivity contribution in [2.24, 2.45) is 5.73 Å². The second-order valence-electron chi connectivity index (χ2n) is 3.42. The fourth-order valence-electron chi connectivity index (χ4n) is 1.18. The van der Waals surface area contributed by atoms with Gasteiger partial charge < -0.3 is 5.73 Å². The highest BCUT2D eigenvalue weighted by atomic mass is 32.2. The van der Waals surface area contributed by atoms with Crippen LogP contribution in [0.25, 0.3) is 0 Å². The van der Waals surface area contributed by atoms with E-state index in [2.05, 4.69) is 4.72 Å². The normalized spacial score (nSPS) is 11.4. The van der Waals surface area contributed by atoms with Gasteiger partial charge in [-0.25, -0.2) is 12.8 Å². The lowest BCUT2D eigenvalue weighted by atomic mass is 10.3. The van der Waals surface area contributed by atoms with E-state index in [0.717, 1.165) is 0 Å². The van der Waals surface area contributed by atoms with Crippen LogP contribution in [0.3, 0.4) is 0 Å². The summed E-state index contributed by atoms with van der Waals surface area (Å²) >= 11 is 0. The second kappa shape index (κ2) is 5.81. The van der Waals surface area contributed by atoms with Crippen LogP contribution in [-0.2, 0) is 10.0 Å². The summed E-state index contributed by atoms with van der Waals surface area (Å²) < 4.78 is 38.0. The second-order valence-corrected chi connectivity index (χ2v) is 5.27. The molecule has 0 saturated carbocycles. The van der Waals surface area contributed by atoms with E-state index in [1.165, 1.54) is 24.3 Å². The minimum absolute atomic E-state index is 0.0293. The van der Waals surface area contributed by atoms with E-state index in [9.17, 15) is 12.8 Å². The van der Waals surface area contributed by atoms with E-state index < -0.39 is 15.8 Å². The maximum atomic E-state index is 12.6. The van der Waals surface area contributed by atoms with E-state index in [4.69, 9.17) is 5.73 Å². The Balaban J connectivity index is 2.55. The number of halogens is 1. The molecule has 1 rings (SSSR count). The van der Waals surface area contributed by atoms with Crippen molar-refractivity contribution < 1.29 is 12.8 Å². The molecule has 4 nitrogen and oxygen atoms in total. The first-order valence-electron chi connectivity index (χ1n) is 4.99. The molecule has 0 aromatic heterocycles. The average molecular weight is 246 g/mol. The van der Waals surface area contributed by atoms with Crippen molar-refractivity contribution >= 4 is 15.7 Å². The lowest BCUT2D eigenvalue weighted by Gasteiger charge is -2.07. The van der Waals surface area contributed by atoms with Gasteiger partial charge in [-0.3, -0.25) is 4.72 Å². The van der Waals surface area contributed by atoms with Gasteiger partial charge in [0.2, 0.25) is 10.0 Å². The van der Waals surface area contributed by atoms with Crippen LogP contribution in [0.4, 0.5) is 10.1 Å². The third-order valence-electron chi connectivity index (χ3n) is 1.98. The van der Waals surface area contributed by atoms with Gasteiger partial charge in [0, 0.05) is 5.69 Å². The molecule has 0 aliphatic carbocycles. The summed E-state index contributed by atoms with van der Waals surface area (Å²) in [6, 6.07) is 5.18. The van der Waals surface area contributed by atoms with Crippen LogP contribution in [0.5, 0.6) is 0 Å². The molecule has 0 saturated heterocycles. The highest BCUT2D eigenvalue weighted by Gasteiger charge is 2.09. The van der Waals surface area contributed by atoms with Crippen molar-refractivity contribution in [3.05, 3.63) is 30.1 Å². The summed E-state index contributed by atoms with van der Waals surface area (Å²) in [5, 5.41) is 0. The van der Waals surface area contributed by atoms with Gasteiger partial charge in [0.25, 0.3) is 0 Å². The van der Waals surface area contributed by atoms with Gasteiger partial charge >= 0.3 is 0 Å². The molecular formula is C10H15FN2O2S. The van der Waals surface area contributed by atoms with Crippen LogP contribution >= 0.6 is 0 Å². The molecule has 0 amide bonds. The Kier molecular flexibility index (Phi) is 4.70. The van der Waals surface area contributed by atoms with Crippen LogP contribution in [0.15, 0.2) is 24.3 Å². The van der Waals surface area contributed by atoms with Gasteiger partial charge in [-0.05, 0) is 43.7 Å². The topological polar surface area (TPSA) is 72.2 Å². The standard InChI is InChI=1S/C10H15FN2O2S/c11-9-3-5-10(6-4-9)13-16(14,15)8-2-1-7-12/h3-6,13H,1-2,7-8,12H2. The number of benzene rings is 1. The molecule has 1 aromatic rings. The van der Waals surface area contributed by atoms with E-state index in [1.807, 2.05) is 0 Å². The van der Waals surface area contributed by atoms with Crippen molar-refractivity contribution in [1.82, 2.24) is 0 Å². The average Bonchev–Trinajstić information content (AvgIpc) is 2.21. The number of hydrogen-bond donors (Lipinski definition) is 2. The number of anilines is 1. The van der Waals surface area contributed by atoms with Crippen molar-refractivity contribution in [2.45, 2.75) is 12.8 Å². The molecular weight excluding hydrogens is 231 g/mol. The molecule has 0 aliphatic rings. The minimum atomic E-state index is -3.35. The summed E-state index contributed by atoms with van der Waals surface area (Å²) in [7, 11) is -3.35. The van der Waals surface area contributed by atoms with Gasteiger partial charge in [-0.2, -0.15) is 0 Å². The lowest BCUT2D eigenvalue weighted by Crippen LogP contribution is -2.17. The zero-order valence-electron chi connectivity index (χ0n) is 8.82. The fraction of sp³-hybridized carbons (Fsp3) is 0.400. The number of nitrogens with two attached hydrogens (primary N) is 1. The van der Waals surface area contributed by atoms with E-state index in [-0.39, 0.29) is 5.75 Å². The third kappa shape index (κ3) is 4.59. The SMILES string of the molecule is NCCCCS(=O)(=O)Nc1ccc(F)cc1. The van der Waals surface area contributed by atoms with Crippen molar-refractivity contribution in [2.75, 3.05) is 17.0 Å². The highest BCUT2D eigenvalue weighted by molar-refractivity contribution is 7.92. The van der Waals surface area contributed by atoms with Gasteiger partial charge in [-0.1, -0.05) is 0 Å². The Morgan fingerprint density at radius 1 is 1.19 bits per heavy atom. The first kappa shape index (κ1) is 12.9. The Morgan fingerprint density at radius 2 is 1.81 bits per heavy atom. The zero-order chi connectivity index (χ0) is 12.0. The highest BCUT2D eigenvalue weighted by Crippen LogP contribution is 2.11. The number of rotatable bonds is 6. The predicted molar refractivity (Wildman–Crippen MR) is 62.1 cm³/mol. The van der Waals surface area contributed by atoms with Crippen molar-refractivity contribution in [3.63, 3.8) is 0 Å². The Morgan fingerprint density at radius 3 is 2.38 bits per heavy atom. The summed E-state index contributed by atoms with van der Waals surface area (Å²) in [5.74, 6) is -0.368. The van der Waals surface area contributed by atoms with Crippen molar-refractivity contribution in [1.29, 1.82) is 0 Å². The third-order valence-corrected chi connectivity index (χ3v) is 3.36. The number of nitrogens with one attached hydrogen (secondary N) is 1. The van der Waals surface area contributed by atoms with Crippen LogP contribution in [0.2, 0.25) is 0 Å². The molecule has 3 N–H and O–H groups in total. The van der Waals surface area contributed by atoms with E-state index >= 15 is 0 Å². The maximum absolute atomic E-state index is 12.6. The Hall–Kier alpha value is -1.14. The molecule has 90 valence electrons. The quantitative estimate of drug-likeness (QED) is 0.743. The zero-order valence-corrected chi connectivity index (χ0v) is 9.63. The number of sulfonamides is 1. The summed E-state index contributed by atoms with van der Waals surface area (Å²) in [6.45, 7) is 0.478. The molecule has 0 unspecified atom stereocenters. The molecule has 1 aromatic carbocycles. The summed E-state index contributed by atoms with van der Waals surface area (Å²) in [5.41, 5.74) is 5.64. The molecule has 0 atom stereocenters. The Labute approximate surface area is 94.7 Å². The van der Waals surface area contributed by atoms with Crippen LogP contribution < -0.4 is 10.5 Å². The lowest BCUT2D eigenvalue weighted by molar-refractivity contribution is 0.597. The van der Waals surface area contributed by atoms with Gasteiger partial charge in [0.1, 0.15) is 5.82 Å². The molecule has 0 radical (unpaired) electrons. The van der Waals surface area contributed by atoms with Crippen LogP contribution in [-0.4, -0.2) is 20.7 Å². The van der Waals surface area contributed by atoms with Gasteiger partial charge in [-0.15, -0.1) is 0 Å². The molecule has 0 fully saturated rings.